The van der Waals surface area contributed by atoms with Gasteiger partial charge >= 0.3 is 5.97 Å². The summed E-state index contributed by atoms with van der Waals surface area (Å²) in [7, 11) is 0. The van der Waals surface area contributed by atoms with Crippen LogP contribution in [0.3, 0.4) is 0 Å². The van der Waals surface area contributed by atoms with Crippen molar-refractivity contribution in [2.45, 2.75) is 89.3 Å². The van der Waals surface area contributed by atoms with E-state index < -0.39 is 11.5 Å². The molecular formula is C35H42ClN3O3. The first-order chi connectivity index (χ1) is 20.2. The van der Waals surface area contributed by atoms with E-state index in [-0.39, 0.29) is 5.54 Å². The SMILES string of the molecule is Cc1ccc2c(c1)CN(C[C@@H](C)COc1ccnc3c1[C@H](C)CCC3)C21CCC(Nc2cccc(Cl)c2)(C(=O)O)CC1. The molecular weight excluding hydrogens is 546 g/mol. The van der Waals surface area contributed by atoms with Gasteiger partial charge in [-0.3, -0.25) is 9.88 Å². The summed E-state index contributed by atoms with van der Waals surface area (Å²) in [4.78, 5) is 20.0. The van der Waals surface area contributed by atoms with Gasteiger partial charge < -0.3 is 15.2 Å². The Labute approximate surface area is 254 Å². The fourth-order valence-corrected chi connectivity index (χ4v) is 7.90. The van der Waals surface area contributed by atoms with Crippen molar-refractivity contribution in [3.05, 3.63) is 87.7 Å². The van der Waals surface area contributed by atoms with Gasteiger partial charge in [-0.1, -0.05) is 55.3 Å². The first kappa shape index (κ1) is 29.0. The van der Waals surface area contributed by atoms with Crippen LogP contribution in [0.1, 0.15) is 86.2 Å². The maximum Gasteiger partial charge on any atom is 0.329 e. The van der Waals surface area contributed by atoms with E-state index in [1.807, 2.05) is 24.4 Å². The van der Waals surface area contributed by atoms with E-state index in [9.17, 15) is 9.90 Å². The van der Waals surface area contributed by atoms with Crippen LogP contribution in [0.5, 0.6) is 5.75 Å². The molecule has 1 fully saturated rings. The molecule has 0 bridgehead atoms. The molecule has 1 spiro atoms. The Balaban J connectivity index is 1.21. The number of aliphatic carboxylic acids is 1. The molecule has 0 radical (unpaired) electrons. The molecule has 0 amide bonds. The summed E-state index contributed by atoms with van der Waals surface area (Å²) in [6.07, 6.45) is 7.90. The minimum Gasteiger partial charge on any atom is -0.493 e. The fourth-order valence-electron chi connectivity index (χ4n) is 7.71. The lowest BCUT2D eigenvalue weighted by Gasteiger charge is -2.48. The normalized spacial score (nSPS) is 26.0. The van der Waals surface area contributed by atoms with Crippen molar-refractivity contribution in [1.29, 1.82) is 0 Å². The van der Waals surface area contributed by atoms with Gasteiger partial charge in [0.15, 0.2) is 0 Å². The molecule has 7 heteroatoms. The van der Waals surface area contributed by atoms with Crippen LogP contribution in [0, 0.1) is 12.8 Å². The lowest BCUT2D eigenvalue weighted by atomic mass is 9.69. The third kappa shape index (κ3) is 5.40. The number of carboxylic acids is 1. The van der Waals surface area contributed by atoms with Crippen molar-refractivity contribution >= 4 is 23.3 Å². The first-order valence-electron chi connectivity index (χ1n) is 15.4. The lowest BCUT2D eigenvalue weighted by molar-refractivity contribution is -0.145. The Bertz CT molecular complexity index is 1470. The van der Waals surface area contributed by atoms with Gasteiger partial charge in [0, 0.05) is 52.7 Å². The van der Waals surface area contributed by atoms with Crippen LogP contribution in [-0.4, -0.2) is 39.7 Å². The Morgan fingerprint density at radius 2 is 2.00 bits per heavy atom. The number of rotatable bonds is 8. The molecule has 3 aromatic rings. The first-order valence-corrected chi connectivity index (χ1v) is 15.8. The summed E-state index contributed by atoms with van der Waals surface area (Å²) in [6.45, 7) is 9.10. The number of fused-ring (bicyclic) bond motifs is 3. The number of anilines is 1. The highest BCUT2D eigenvalue weighted by Crippen LogP contribution is 2.52. The standard InChI is InChI=1S/C35H42ClN3O3/c1-23-10-11-29-26(18-23)21-39(20-24(2)22-42-31-12-17-37-30-9-4-6-25(3)32(30)31)35(29)15-13-34(14-16-35,33(40)41)38-28-8-5-7-27(36)19-28/h5,7-8,10-12,17-19,24-25,38H,4,6,9,13-16,20-22H2,1-3H3,(H,40,41)/t24-,25-,34?,35?/m1/s1. The highest BCUT2D eigenvalue weighted by atomic mass is 35.5. The average molecular weight is 588 g/mol. The molecule has 0 unspecified atom stereocenters. The van der Waals surface area contributed by atoms with Gasteiger partial charge in [-0.15, -0.1) is 0 Å². The summed E-state index contributed by atoms with van der Waals surface area (Å²) in [5, 5.41) is 14.4. The molecule has 3 aliphatic rings. The highest BCUT2D eigenvalue weighted by molar-refractivity contribution is 6.30. The zero-order valence-corrected chi connectivity index (χ0v) is 25.7. The smallest absolute Gasteiger partial charge is 0.329 e. The number of benzene rings is 2. The summed E-state index contributed by atoms with van der Waals surface area (Å²) in [6, 6.07) is 16.2. The van der Waals surface area contributed by atoms with Crippen molar-refractivity contribution in [3.8, 4) is 5.75 Å². The predicted molar refractivity (Wildman–Crippen MR) is 167 cm³/mol. The van der Waals surface area contributed by atoms with Gasteiger partial charge in [-0.05, 0) is 93.2 Å². The second-order valence-corrected chi connectivity index (χ2v) is 13.4. The van der Waals surface area contributed by atoms with Crippen molar-refractivity contribution in [1.82, 2.24) is 9.88 Å². The maximum atomic E-state index is 12.7. The fraction of sp³-hybridized carbons (Fsp3) is 0.486. The molecule has 6 nitrogen and oxygen atoms in total. The summed E-state index contributed by atoms with van der Waals surface area (Å²) in [5.74, 6) is 0.966. The van der Waals surface area contributed by atoms with Crippen LogP contribution in [0.15, 0.2) is 54.7 Å². The van der Waals surface area contributed by atoms with Crippen molar-refractivity contribution in [2.75, 3.05) is 18.5 Å². The zero-order valence-electron chi connectivity index (χ0n) is 25.0. The van der Waals surface area contributed by atoms with E-state index in [1.54, 1.807) is 12.1 Å². The zero-order chi connectivity index (χ0) is 29.5. The molecule has 1 aromatic heterocycles. The van der Waals surface area contributed by atoms with Gasteiger partial charge in [-0.2, -0.15) is 0 Å². The van der Waals surface area contributed by atoms with Gasteiger partial charge in [0.05, 0.1) is 6.61 Å². The van der Waals surface area contributed by atoms with Gasteiger partial charge in [0.1, 0.15) is 11.3 Å². The van der Waals surface area contributed by atoms with Crippen LogP contribution in [0.4, 0.5) is 5.69 Å². The van der Waals surface area contributed by atoms with Gasteiger partial charge in [0.25, 0.3) is 0 Å². The highest BCUT2D eigenvalue weighted by Gasteiger charge is 2.53. The number of hydrogen-bond donors (Lipinski definition) is 2. The molecule has 1 saturated carbocycles. The third-order valence-corrected chi connectivity index (χ3v) is 10.1. The molecule has 6 rings (SSSR count). The second kappa shape index (κ2) is 11.5. The number of carboxylic acid groups (broad SMARTS) is 1. The average Bonchev–Trinajstić information content (AvgIpc) is 3.24. The minimum atomic E-state index is -1.03. The molecule has 2 heterocycles. The number of aryl methyl sites for hydroxylation is 2. The van der Waals surface area contributed by atoms with Crippen LogP contribution >= 0.6 is 11.6 Å². The number of halogens is 1. The molecule has 2 atom stereocenters. The van der Waals surface area contributed by atoms with E-state index in [2.05, 4.69) is 54.2 Å². The molecule has 0 saturated heterocycles. The van der Waals surface area contributed by atoms with E-state index in [0.29, 0.717) is 36.3 Å². The second-order valence-electron chi connectivity index (χ2n) is 13.0. The molecule has 222 valence electrons. The quantitative estimate of drug-likeness (QED) is 0.281. The largest absolute Gasteiger partial charge is 0.493 e. The third-order valence-electron chi connectivity index (χ3n) is 9.91. The molecule has 1 aliphatic heterocycles. The Morgan fingerprint density at radius 1 is 1.19 bits per heavy atom. The number of aromatic nitrogens is 1. The molecule has 2 aliphatic carbocycles. The van der Waals surface area contributed by atoms with Crippen LogP contribution < -0.4 is 10.1 Å². The number of ether oxygens (including phenoxy) is 1. The topological polar surface area (TPSA) is 74.7 Å². The predicted octanol–water partition coefficient (Wildman–Crippen LogP) is 7.72. The molecule has 42 heavy (non-hydrogen) atoms. The number of nitrogens with zero attached hydrogens (tertiary/aromatic N) is 2. The van der Waals surface area contributed by atoms with E-state index >= 15 is 0 Å². The molecule has 2 N–H and O–H groups in total. The molecule has 2 aromatic carbocycles. The number of hydrogen-bond acceptors (Lipinski definition) is 5. The van der Waals surface area contributed by atoms with Gasteiger partial charge in [0.2, 0.25) is 0 Å². The summed E-state index contributed by atoms with van der Waals surface area (Å²) < 4.78 is 6.49. The monoisotopic (exact) mass is 587 g/mol. The number of pyridine rings is 1. The van der Waals surface area contributed by atoms with E-state index in [4.69, 9.17) is 16.3 Å². The van der Waals surface area contributed by atoms with Gasteiger partial charge in [-0.25, -0.2) is 4.79 Å². The summed E-state index contributed by atoms with van der Waals surface area (Å²) in [5.41, 5.74) is 6.01. The Hall–Kier alpha value is -3.09. The van der Waals surface area contributed by atoms with Crippen LogP contribution in [0.25, 0.3) is 0 Å². The van der Waals surface area contributed by atoms with Crippen molar-refractivity contribution in [2.24, 2.45) is 5.92 Å². The van der Waals surface area contributed by atoms with Crippen molar-refractivity contribution < 1.29 is 14.6 Å². The summed E-state index contributed by atoms with van der Waals surface area (Å²) >= 11 is 6.22. The number of carbonyl (C=O) groups is 1. The lowest BCUT2D eigenvalue weighted by Crippen LogP contribution is -2.55. The Kier molecular flexibility index (Phi) is 7.97. The number of nitrogens with one attached hydrogen (secondary N) is 1. The Morgan fingerprint density at radius 3 is 2.76 bits per heavy atom. The minimum absolute atomic E-state index is 0.184. The van der Waals surface area contributed by atoms with E-state index in [1.165, 1.54) is 40.8 Å². The van der Waals surface area contributed by atoms with Crippen LogP contribution in [-0.2, 0) is 23.3 Å². The van der Waals surface area contributed by atoms with E-state index in [0.717, 1.165) is 43.8 Å². The maximum absolute atomic E-state index is 12.7. The van der Waals surface area contributed by atoms with Crippen molar-refractivity contribution in [3.63, 3.8) is 0 Å². The van der Waals surface area contributed by atoms with Crippen LogP contribution in [0.2, 0.25) is 5.02 Å².